The molecule has 2 N–H and O–H groups in total. The Labute approximate surface area is 149 Å². The van der Waals surface area contributed by atoms with Crippen LogP contribution >= 0.6 is 0 Å². The SMILES string of the molecule is Cc1cccc(S(=O)(=O)NCCC(=O)NC2CCC23CCOCC3)c1. The van der Waals surface area contributed by atoms with Crippen LogP contribution in [0.4, 0.5) is 0 Å². The van der Waals surface area contributed by atoms with Crippen molar-refractivity contribution in [2.24, 2.45) is 5.41 Å². The third-order valence-electron chi connectivity index (χ3n) is 5.44. The lowest BCUT2D eigenvalue weighted by atomic mass is 9.60. The number of ether oxygens (including phenoxy) is 1. The monoisotopic (exact) mass is 366 g/mol. The normalized spacial score (nSPS) is 22.4. The van der Waals surface area contributed by atoms with E-state index >= 15 is 0 Å². The molecular formula is C18H26N2O4S. The fourth-order valence-corrected chi connectivity index (χ4v) is 4.87. The third-order valence-corrected chi connectivity index (χ3v) is 6.90. The van der Waals surface area contributed by atoms with Gasteiger partial charge in [0.05, 0.1) is 4.90 Å². The van der Waals surface area contributed by atoms with Crippen molar-refractivity contribution in [3.05, 3.63) is 29.8 Å². The van der Waals surface area contributed by atoms with Gasteiger partial charge in [0, 0.05) is 32.2 Å². The van der Waals surface area contributed by atoms with E-state index in [9.17, 15) is 13.2 Å². The van der Waals surface area contributed by atoms with Crippen LogP contribution in [0.5, 0.6) is 0 Å². The minimum absolute atomic E-state index is 0.0949. The second-order valence-electron chi connectivity index (χ2n) is 7.10. The molecule has 6 nitrogen and oxygen atoms in total. The molecule has 0 radical (unpaired) electrons. The van der Waals surface area contributed by atoms with E-state index in [2.05, 4.69) is 10.0 Å². The Balaban J connectivity index is 1.46. The number of carbonyl (C=O) groups is 1. The maximum Gasteiger partial charge on any atom is 0.240 e. The third kappa shape index (κ3) is 4.22. The number of rotatable bonds is 6. The topological polar surface area (TPSA) is 84.5 Å². The summed E-state index contributed by atoms with van der Waals surface area (Å²) in [6, 6.07) is 6.93. The van der Waals surface area contributed by atoms with Gasteiger partial charge in [-0.15, -0.1) is 0 Å². The Bertz CT molecular complexity index is 726. The van der Waals surface area contributed by atoms with Crippen molar-refractivity contribution >= 4 is 15.9 Å². The molecule has 1 heterocycles. The van der Waals surface area contributed by atoms with Crippen LogP contribution in [0.15, 0.2) is 29.2 Å². The zero-order chi connectivity index (χ0) is 17.9. The summed E-state index contributed by atoms with van der Waals surface area (Å²) < 4.78 is 32.4. The summed E-state index contributed by atoms with van der Waals surface area (Å²) in [7, 11) is -3.57. The first-order chi connectivity index (χ1) is 11.9. The fourth-order valence-electron chi connectivity index (χ4n) is 3.73. The lowest BCUT2D eigenvalue weighted by molar-refractivity contribution is -0.126. The van der Waals surface area contributed by atoms with E-state index in [-0.39, 0.29) is 35.2 Å². The molecule has 1 amide bonds. The number of hydrogen-bond donors (Lipinski definition) is 2. The summed E-state index contributed by atoms with van der Waals surface area (Å²) >= 11 is 0. The van der Waals surface area contributed by atoms with Crippen LogP contribution in [0, 0.1) is 12.3 Å². The molecule has 1 atom stereocenters. The number of amides is 1. The van der Waals surface area contributed by atoms with Gasteiger partial charge in [0.2, 0.25) is 15.9 Å². The van der Waals surface area contributed by atoms with E-state index in [0.29, 0.717) is 0 Å². The fraction of sp³-hybridized carbons (Fsp3) is 0.611. The quantitative estimate of drug-likeness (QED) is 0.803. The lowest BCUT2D eigenvalue weighted by Crippen LogP contribution is -2.57. The first-order valence-electron chi connectivity index (χ1n) is 8.85. The molecule has 1 saturated heterocycles. The van der Waals surface area contributed by atoms with Crippen LogP contribution in [-0.2, 0) is 19.6 Å². The smallest absolute Gasteiger partial charge is 0.240 e. The van der Waals surface area contributed by atoms with E-state index < -0.39 is 10.0 Å². The van der Waals surface area contributed by atoms with Crippen LogP contribution in [0.2, 0.25) is 0 Å². The minimum atomic E-state index is -3.57. The molecule has 1 aliphatic carbocycles. The first-order valence-corrected chi connectivity index (χ1v) is 10.3. The summed E-state index contributed by atoms with van der Waals surface area (Å²) in [5.74, 6) is -0.0949. The van der Waals surface area contributed by atoms with Crippen molar-refractivity contribution < 1.29 is 17.9 Å². The Morgan fingerprint density at radius 3 is 2.68 bits per heavy atom. The molecule has 2 aliphatic rings. The van der Waals surface area contributed by atoms with Gasteiger partial charge in [0.15, 0.2) is 0 Å². The van der Waals surface area contributed by atoms with Gasteiger partial charge >= 0.3 is 0 Å². The van der Waals surface area contributed by atoms with E-state index in [1.165, 1.54) is 0 Å². The summed E-state index contributed by atoms with van der Waals surface area (Å²) in [6.45, 7) is 3.48. The predicted octanol–water partition coefficient (Wildman–Crippen LogP) is 1.74. The van der Waals surface area contributed by atoms with Gasteiger partial charge in [0.25, 0.3) is 0 Å². The summed E-state index contributed by atoms with van der Waals surface area (Å²) in [4.78, 5) is 12.4. The number of aryl methyl sites for hydroxylation is 1. The molecule has 1 aliphatic heterocycles. The maximum atomic E-state index is 12.2. The average Bonchev–Trinajstić information content (AvgIpc) is 2.59. The highest BCUT2D eigenvalue weighted by atomic mass is 32.2. The van der Waals surface area contributed by atoms with Gasteiger partial charge < -0.3 is 10.1 Å². The molecule has 1 spiro atoms. The van der Waals surface area contributed by atoms with Crippen LogP contribution < -0.4 is 10.0 Å². The van der Waals surface area contributed by atoms with Gasteiger partial charge in [-0.1, -0.05) is 12.1 Å². The zero-order valence-corrected chi connectivity index (χ0v) is 15.4. The minimum Gasteiger partial charge on any atom is -0.381 e. The predicted molar refractivity (Wildman–Crippen MR) is 94.6 cm³/mol. The molecule has 138 valence electrons. The van der Waals surface area contributed by atoms with E-state index in [0.717, 1.165) is 44.5 Å². The molecule has 1 aromatic carbocycles. The second kappa shape index (κ2) is 7.43. The largest absolute Gasteiger partial charge is 0.381 e. The molecule has 0 bridgehead atoms. The van der Waals surface area contributed by atoms with Crippen LogP contribution in [-0.4, -0.2) is 40.1 Å². The number of sulfonamides is 1. The van der Waals surface area contributed by atoms with Crippen molar-refractivity contribution in [3.8, 4) is 0 Å². The molecule has 0 aromatic heterocycles. The van der Waals surface area contributed by atoms with Crippen molar-refractivity contribution in [3.63, 3.8) is 0 Å². The van der Waals surface area contributed by atoms with Crippen molar-refractivity contribution in [2.75, 3.05) is 19.8 Å². The maximum absolute atomic E-state index is 12.2. The molecule has 1 saturated carbocycles. The van der Waals surface area contributed by atoms with E-state index in [1.54, 1.807) is 18.2 Å². The summed E-state index contributed by atoms with van der Waals surface area (Å²) in [5.41, 5.74) is 1.09. The number of hydrogen-bond acceptors (Lipinski definition) is 4. The van der Waals surface area contributed by atoms with Gasteiger partial charge in [-0.05, 0) is 55.7 Å². The van der Waals surface area contributed by atoms with E-state index in [1.807, 2.05) is 13.0 Å². The Hall–Kier alpha value is -1.44. The van der Waals surface area contributed by atoms with Crippen molar-refractivity contribution in [2.45, 2.75) is 50.0 Å². The molecule has 3 rings (SSSR count). The molecular weight excluding hydrogens is 340 g/mol. The van der Waals surface area contributed by atoms with E-state index in [4.69, 9.17) is 4.74 Å². The number of benzene rings is 1. The molecule has 1 aromatic rings. The zero-order valence-electron chi connectivity index (χ0n) is 14.6. The highest BCUT2D eigenvalue weighted by Crippen LogP contribution is 2.48. The molecule has 25 heavy (non-hydrogen) atoms. The van der Waals surface area contributed by atoms with Gasteiger partial charge in [-0.3, -0.25) is 4.79 Å². The van der Waals surface area contributed by atoms with Gasteiger partial charge in [0.1, 0.15) is 0 Å². The van der Waals surface area contributed by atoms with Gasteiger partial charge in [-0.25, -0.2) is 13.1 Å². The highest BCUT2D eigenvalue weighted by Gasteiger charge is 2.47. The molecule has 7 heteroatoms. The van der Waals surface area contributed by atoms with Crippen LogP contribution in [0.3, 0.4) is 0 Å². The summed E-state index contributed by atoms with van der Waals surface area (Å²) in [6.07, 6.45) is 4.28. The highest BCUT2D eigenvalue weighted by molar-refractivity contribution is 7.89. The molecule has 1 unspecified atom stereocenters. The van der Waals surface area contributed by atoms with Crippen LogP contribution in [0.1, 0.15) is 37.7 Å². The van der Waals surface area contributed by atoms with Crippen molar-refractivity contribution in [1.82, 2.24) is 10.0 Å². The summed E-state index contributed by atoms with van der Waals surface area (Å²) in [5, 5.41) is 3.08. The average molecular weight is 366 g/mol. The lowest BCUT2D eigenvalue weighted by Gasteiger charge is -2.52. The van der Waals surface area contributed by atoms with Crippen molar-refractivity contribution in [1.29, 1.82) is 0 Å². The number of carbonyl (C=O) groups excluding carboxylic acids is 1. The van der Waals surface area contributed by atoms with Gasteiger partial charge in [-0.2, -0.15) is 0 Å². The Morgan fingerprint density at radius 1 is 1.28 bits per heavy atom. The standard InChI is InChI=1S/C18H26N2O4S/c1-14-3-2-4-15(13-14)25(22,23)19-10-6-17(21)20-16-5-7-18(16)8-11-24-12-9-18/h2-4,13,16,19H,5-12H2,1H3,(H,20,21). The molecule has 2 fully saturated rings. The Kier molecular flexibility index (Phi) is 5.46. The Morgan fingerprint density at radius 2 is 2.04 bits per heavy atom. The first kappa shape index (κ1) is 18.4. The number of nitrogens with one attached hydrogen (secondary N) is 2. The van der Waals surface area contributed by atoms with Crippen LogP contribution in [0.25, 0.3) is 0 Å². The second-order valence-corrected chi connectivity index (χ2v) is 8.86.